The Hall–Kier alpha value is -1.52. The van der Waals surface area contributed by atoms with Gasteiger partial charge in [-0.3, -0.25) is 5.10 Å². The first-order chi connectivity index (χ1) is 8.16. The van der Waals surface area contributed by atoms with E-state index < -0.39 is 0 Å². The van der Waals surface area contributed by atoms with Crippen LogP contribution in [0, 0.1) is 5.92 Å². The topological polar surface area (TPSA) is 61.0 Å². The van der Waals surface area contributed by atoms with Crippen molar-refractivity contribution in [3.63, 3.8) is 0 Å². The number of nitrogens with one attached hydrogen (secondary N) is 2. The van der Waals surface area contributed by atoms with E-state index >= 15 is 0 Å². The highest BCUT2D eigenvalue weighted by Gasteiger charge is 2.21. The molecule has 5 nitrogen and oxygen atoms in total. The Bertz CT molecular complexity index is 355. The van der Waals surface area contributed by atoms with Crippen LogP contribution in [0.5, 0.6) is 0 Å². The minimum atomic E-state index is 0.000556. The van der Waals surface area contributed by atoms with Gasteiger partial charge < -0.3 is 10.2 Å². The standard InChI is InChI=1S/C12H20N4O/c1-9-3-5-16(6-4-9)12(17)15-10(2)11-7-13-14-8-11/h7-10H,3-6H2,1-2H3,(H,13,14)(H,15,17). The monoisotopic (exact) mass is 236 g/mol. The number of amides is 2. The molecule has 94 valence electrons. The molecule has 1 fully saturated rings. The van der Waals surface area contributed by atoms with Gasteiger partial charge in [0.25, 0.3) is 0 Å². The second-order valence-corrected chi connectivity index (χ2v) is 4.87. The van der Waals surface area contributed by atoms with Crippen LogP contribution in [0.25, 0.3) is 0 Å². The Morgan fingerprint density at radius 2 is 2.29 bits per heavy atom. The summed E-state index contributed by atoms with van der Waals surface area (Å²) in [5.41, 5.74) is 1.00. The van der Waals surface area contributed by atoms with E-state index in [2.05, 4.69) is 22.4 Å². The van der Waals surface area contributed by atoms with Gasteiger partial charge in [-0.05, 0) is 25.7 Å². The van der Waals surface area contributed by atoms with Crippen molar-refractivity contribution < 1.29 is 4.79 Å². The Morgan fingerprint density at radius 1 is 1.59 bits per heavy atom. The lowest BCUT2D eigenvalue weighted by Crippen LogP contribution is -2.44. The van der Waals surface area contributed by atoms with Crippen molar-refractivity contribution >= 4 is 6.03 Å². The third-order valence-corrected chi connectivity index (χ3v) is 3.43. The fourth-order valence-corrected chi connectivity index (χ4v) is 2.07. The first kappa shape index (κ1) is 12.0. The SMILES string of the molecule is CC1CCN(C(=O)NC(C)c2cn[nH]c2)CC1. The van der Waals surface area contributed by atoms with Crippen LogP contribution in [0.15, 0.2) is 12.4 Å². The van der Waals surface area contributed by atoms with Gasteiger partial charge in [0.05, 0.1) is 12.2 Å². The van der Waals surface area contributed by atoms with Crippen LogP contribution in [0.4, 0.5) is 4.79 Å². The molecule has 0 saturated carbocycles. The van der Waals surface area contributed by atoms with Crippen molar-refractivity contribution in [1.29, 1.82) is 0 Å². The maximum Gasteiger partial charge on any atom is 0.317 e. The van der Waals surface area contributed by atoms with Crippen LogP contribution in [0.1, 0.15) is 38.3 Å². The molecule has 0 spiro atoms. The van der Waals surface area contributed by atoms with Gasteiger partial charge in [-0.1, -0.05) is 6.92 Å². The van der Waals surface area contributed by atoms with Crippen molar-refractivity contribution in [2.24, 2.45) is 5.92 Å². The molecule has 1 aliphatic rings. The van der Waals surface area contributed by atoms with Gasteiger partial charge in [-0.15, -0.1) is 0 Å². The van der Waals surface area contributed by atoms with E-state index in [0.717, 1.165) is 37.4 Å². The van der Waals surface area contributed by atoms with Crippen molar-refractivity contribution in [3.8, 4) is 0 Å². The molecule has 1 unspecified atom stereocenters. The highest BCUT2D eigenvalue weighted by molar-refractivity contribution is 5.74. The molecular formula is C12H20N4O. The number of hydrogen-bond acceptors (Lipinski definition) is 2. The van der Waals surface area contributed by atoms with Crippen LogP contribution in [-0.2, 0) is 0 Å². The number of nitrogens with zero attached hydrogens (tertiary/aromatic N) is 2. The molecule has 1 aromatic heterocycles. The molecule has 2 rings (SSSR count). The van der Waals surface area contributed by atoms with E-state index in [1.807, 2.05) is 18.0 Å². The predicted octanol–water partition coefficient (Wildman–Crippen LogP) is 1.91. The zero-order valence-corrected chi connectivity index (χ0v) is 10.4. The Morgan fingerprint density at radius 3 is 2.88 bits per heavy atom. The number of piperidine rings is 1. The van der Waals surface area contributed by atoms with Crippen LogP contribution in [0.3, 0.4) is 0 Å². The molecule has 0 radical (unpaired) electrons. The first-order valence-electron chi connectivity index (χ1n) is 6.21. The van der Waals surface area contributed by atoms with Crippen molar-refractivity contribution in [1.82, 2.24) is 20.4 Å². The molecule has 1 aliphatic heterocycles. The number of rotatable bonds is 2. The fourth-order valence-electron chi connectivity index (χ4n) is 2.07. The fraction of sp³-hybridized carbons (Fsp3) is 0.667. The molecule has 1 aromatic rings. The average Bonchev–Trinajstić information content (AvgIpc) is 2.83. The van der Waals surface area contributed by atoms with E-state index in [1.54, 1.807) is 6.20 Å². The third-order valence-electron chi connectivity index (χ3n) is 3.43. The Kier molecular flexibility index (Phi) is 3.66. The van der Waals surface area contributed by atoms with E-state index in [0.29, 0.717) is 0 Å². The molecule has 17 heavy (non-hydrogen) atoms. The number of urea groups is 1. The van der Waals surface area contributed by atoms with E-state index in [9.17, 15) is 4.79 Å². The summed E-state index contributed by atoms with van der Waals surface area (Å²) in [4.78, 5) is 13.9. The van der Waals surface area contributed by atoms with Gasteiger partial charge >= 0.3 is 6.03 Å². The molecule has 2 N–H and O–H groups in total. The number of aromatic nitrogens is 2. The quantitative estimate of drug-likeness (QED) is 0.824. The van der Waals surface area contributed by atoms with Gasteiger partial charge in [-0.25, -0.2) is 4.79 Å². The highest BCUT2D eigenvalue weighted by Crippen LogP contribution is 2.17. The maximum absolute atomic E-state index is 12.0. The number of carbonyl (C=O) groups is 1. The summed E-state index contributed by atoms with van der Waals surface area (Å²) in [6.45, 7) is 5.94. The third kappa shape index (κ3) is 2.99. The van der Waals surface area contributed by atoms with E-state index in [4.69, 9.17) is 0 Å². The molecule has 0 bridgehead atoms. The molecule has 0 aromatic carbocycles. The van der Waals surface area contributed by atoms with Crippen LogP contribution >= 0.6 is 0 Å². The van der Waals surface area contributed by atoms with Crippen molar-refractivity contribution in [3.05, 3.63) is 18.0 Å². The van der Waals surface area contributed by atoms with E-state index in [1.165, 1.54) is 0 Å². The summed E-state index contributed by atoms with van der Waals surface area (Å²) in [5.74, 6) is 0.741. The summed E-state index contributed by atoms with van der Waals surface area (Å²) >= 11 is 0. The average molecular weight is 236 g/mol. The van der Waals surface area contributed by atoms with Crippen LogP contribution in [0.2, 0.25) is 0 Å². The molecule has 0 aliphatic carbocycles. The zero-order chi connectivity index (χ0) is 12.3. The number of aromatic amines is 1. The number of hydrogen-bond donors (Lipinski definition) is 2. The minimum absolute atomic E-state index is 0.000556. The lowest BCUT2D eigenvalue weighted by molar-refractivity contribution is 0.171. The maximum atomic E-state index is 12.0. The highest BCUT2D eigenvalue weighted by atomic mass is 16.2. The largest absolute Gasteiger partial charge is 0.331 e. The van der Waals surface area contributed by atoms with Crippen molar-refractivity contribution in [2.75, 3.05) is 13.1 Å². The Labute approximate surface area is 102 Å². The Balaban J connectivity index is 1.85. The van der Waals surface area contributed by atoms with E-state index in [-0.39, 0.29) is 12.1 Å². The summed E-state index contributed by atoms with van der Waals surface area (Å²) in [5, 5.41) is 9.63. The number of likely N-dealkylation sites (tertiary alicyclic amines) is 1. The summed E-state index contributed by atoms with van der Waals surface area (Å²) in [7, 11) is 0. The zero-order valence-electron chi connectivity index (χ0n) is 10.4. The normalized spacial score (nSPS) is 19.1. The summed E-state index contributed by atoms with van der Waals surface area (Å²) in [6.07, 6.45) is 5.76. The van der Waals surface area contributed by atoms with Crippen LogP contribution in [-0.4, -0.2) is 34.2 Å². The molecular weight excluding hydrogens is 216 g/mol. The minimum Gasteiger partial charge on any atom is -0.331 e. The molecule has 2 amide bonds. The lowest BCUT2D eigenvalue weighted by atomic mass is 10.00. The molecule has 2 heterocycles. The van der Waals surface area contributed by atoms with Gasteiger partial charge in [0.1, 0.15) is 0 Å². The molecule has 1 saturated heterocycles. The number of H-pyrrole nitrogens is 1. The predicted molar refractivity (Wildman–Crippen MR) is 65.5 cm³/mol. The van der Waals surface area contributed by atoms with Gasteiger partial charge in [0.15, 0.2) is 0 Å². The summed E-state index contributed by atoms with van der Waals surface area (Å²) in [6, 6.07) is 0.0335. The van der Waals surface area contributed by atoms with Crippen molar-refractivity contribution in [2.45, 2.75) is 32.7 Å². The number of carbonyl (C=O) groups excluding carboxylic acids is 1. The van der Waals surface area contributed by atoms with Gasteiger partial charge in [0.2, 0.25) is 0 Å². The second kappa shape index (κ2) is 5.21. The van der Waals surface area contributed by atoms with Gasteiger partial charge in [-0.2, -0.15) is 5.10 Å². The van der Waals surface area contributed by atoms with Gasteiger partial charge in [0, 0.05) is 24.8 Å². The smallest absolute Gasteiger partial charge is 0.317 e. The summed E-state index contributed by atoms with van der Waals surface area (Å²) < 4.78 is 0. The molecule has 5 heteroatoms. The lowest BCUT2D eigenvalue weighted by Gasteiger charge is -2.31. The first-order valence-corrected chi connectivity index (χ1v) is 6.21. The molecule has 1 atom stereocenters. The second-order valence-electron chi connectivity index (χ2n) is 4.87. The van der Waals surface area contributed by atoms with Crippen LogP contribution < -0.4 is 5.32 Å².